The zero-order chi connectivity index (χ0) is 14.9. The summed E-state index contributed by atoms with van der Waals surface area (Å²) in [5.74, 6) is 0.464. The van der Waals surface area contributed by atoms with Crippen molar-refractivity contribution in [2.24, 2.45) is 0 Å². The van der Waals surface area contributed by atoms with Gasteiger partial charge in [-0.15, -0.1) is 24.8 Å². The first kappa shape index (κ1) is 21.3. The van der Waals surface area contributed by atoms with Crippen molar-refractivity contribution in [1.82, 2.24) is 30.4 Å². The molecule has 0 spiro atoms. The molecule has 0 radical (unpaired) electrons. The fourth-order valence-corrected chi connectivity index (χ4v) is 1.65. The highest BCUT2D eigenvalue weighted by Gasteiger charge is 2.06. The molecule has 2 N–H and O–H groups in total. The summed E-state index contributed by atoms with van der Waals surface area (Å²) < 4.78 is 6.44. The average Bonchev–Trinajstić information content (AvgIpc) is 3.05. The first-order valence-corrected chi connectivity index (χ1v) is 6.60. The molecule has 128 valence electrons. The van der Waals surface area contributed by atoms with Crippen LogP contribution in [0, 0.1) is 0 Å². The molecule has 1 amide bonds. The number of rotatable bonds is 8. The lowest BCUT2D eigenvalue weighted by Crippen LogP contribution is -2.33. The van der Waals surface area contributed by atoms with Crippen LogP contribution >= 0.6 is 24.8 Å². The van der Waals surface area contributed by atoms with Gasteiger partial charge >= 0.3 is 0 Å². The van der Waals surface area contributed by atoms with Crippen LogP contribution in [0.25, 0.3) is 5.82 Å². The molecule has 23 heavy (non-hydrogen) atoms. The Morgan fingerprint density at radius 3 is 2.70 bits per heavy atom. The molecule has 0 atom stereocenters. The first-order valence-electron chi connectivity index (χ1n) is 6.60. The van der Waals surface area contributed by atoms with E-state index in [1.54, 1.807) is 25.6 Å². The smallest absolute Gasteiger partial charge is 0.252 e. The molecule has 2 aromatic rings. The Morgan fingerprint density at radius 1 is 1.26 bits per heavy atom. The summed E-state index contributed by atoms with van der Waals surface area (Å²) in [6.07, 6.45) is 4.50. The summed E-state index contributed by atoms with van der Waals surface area (Å²) in [5, 5.41) is 9.93. The van der Waals surface area contributed by atoms with Crippen LogP contribution < -0.4 is 10.6 Å². The lowest BCUT2D eigenvalue weighted by Gasteiger charge is -2.07. The van der Waals surface area contributed by atoms with Crippen LogP contribution in [-0.4, -0.2) is 59.0 Å². The Hall–Kier alpha value is -1.74. The quantitative estimate of drug-likeness (QED) is 0.663. The molecule has 0 aliphatic heterocycles. The van der Waals surface area contributed by atoms with Crippen LogP contribution in [-0.2, 0) is 4.74 Å². The Morgan fingerprint density at radius 2 is 2.09 bits per heavy atom. The van der Waals surface area contributed by atoms with Crippen molar-refractivity contribution in [3.63, 3.8) is 0 Å². The van der Waals surface area contributed by atoms with Crippen molar-refractivity contribution >= 4 is 30.7 Å². The standard InChI is InChI=1S/C13H18N6O2.2ClH/c1-21-7-6-14-4-5-16-13(20)11-2-3-12(17-8-11)19-10-15-9-18-19;;/h2-3,8-10,14H,4-7H2,1H3,(H,16,20);2*1H. The Bertz CT molecular complexity index is 550. The number of pyridine rings is 1. The van der Waals surface area contributed by atoms with Gasteiger partial charge in [0.05, 0.1) is 12.2 Å². The predicted molar refractivity (Wildman–Crippen MR) is 90.7 cm³/mol. The van der Waals surface area contributed by atoms with E-state index >= 15 is 0 Å². The van der Waals surface area contributed by atoms with Gasteiger partial charge in [-0.2, -0.15) is 5.10 Å². The molecule has 0 saturated carbocycles. The zero-order valence-electron chi connectivity index (χ0n) is 12.6. The molecule has 2 heterocycles. The third-order valence-corrected chi connectivity index (χ3v) is 2.73. The van der Waals surface area contributed by atoms with Crippen molar-refractivity contribution < 1.29 is 9.53 Å². The number of carbonyl (C=O) groups is 1. The molecule has 8 nitrogen and oxygen atoms in total. The normalized spacial score (nSPS) is 9.61. The summed E-state index contributed by atoms with van der Waals surface area (Å²) in [6, 6.07) is 3.43. The second kappa shape index (κ2) is 11.8. The van der Waals surface area contributed by atoms with Crippen LogP contribution in [0.4, 0.5) is 0 Å². The van der Waals surface area contributed by atoms with E-state index in [9.17, 15) is 4.79 Å². The van der Waals surface area contributed by atoms with Gasteiger partial charge in [0.1, 0.15) is 12.7 Å². The summed E-state index contributed by atoms with van der Waals surface area (Å²) in [4.78, 5) is 19.9. The van der Waals surface area contributed by atoms with Crippen LogP contribution in [0.3, 0.4) is 0 Å². The van der Waals surface area contributed by atoms with E-state index in [0.717, 1.165) is 6.54 Å². The van der Waals surface area contributed by atoms with E-state index in [2.05, 4.69) is 25.7 Å². The van der Waals surface area contributed by atoms with E-state index in [0.29, 0.717) is 31.1 Å². The molecule has 0 aliphatic rings. The minimum Gasteiger partial charge on any atom is -0.383 e. The maximum atomic E-state index is 11.9. The molecule has 0 bridgehead atoms. The van der Waals surface area contributed by atoms with Crippen LogP contribution in [0.15, 0.2) is 31.0 Å². The minimum atomic E-state index is -0.152. The Kier molecular flexibility index (Phi) is 10.9. The van der Waals surface area contributed by atoms with Gasteiger partial charge in [0, 0.05) is 32.9 Å². The maximum Gasteiger partial charge on any atom is 0.252 e. The van der Waals surface area contributed by atoms with Gasteiger partial charge in [-0.3, -0.25) is 4.79 Å². The van der Waals surface area contributed by atoms with Crippen LogP contribution in [0.2, 0.25) is 0 Å². The molecule has 0 fully saturated rings. The topological polar surface area (TPSA) is 94.0 Å². The SMILES string of the molecule is COCCNCCNC(=O)c1ccc(-n2cncn2)nc1.Cl.Cl. The summed E-state index contributed by atoms with van der Waals surface area (Å²) in [7, 11) is 1.65. The Balaban J connectivity index is 0.00000242. The molecule has 2 rings (SSSR count). The molecule has 0 unspecified atom stereocenters. The van der Waals surface area contributed by atoms with Gasteiger partial charge in [0.2, 0.25) is 0 Å². The Labute approximate surface area is 146 Å². The van der Waals surface area contributed by atoms with E-state index in [4.69, 9.17) is 4.74 Å². The first-order chi connectivity index (χ1) is 10.3. The molecular weight excluding hydrogens is 343 g/mol. The summed E-state index contributed by atoms with van der Waals surface area (Å²) in [5.41, 5.74) is 0.510. The number of aromatic nitrogens is 4. The lowest BCUT2D eigenvalue weighted by molar-refractivity contribution is 0.0953. The number of amides is 1. The van der Waals surface area contributed by atoms with Crippen molar-refractivity contribution in [2.75, 3.05) is 33.4 Å². The van der Waals surface area contributed by atoms with E-state index in [1.165, 1.54) is 17.2 Å². The predicted octanol–water partition coefficient (Wildman–Crippen LogP) is 0.472. The third kappa shape index (κ3) is 6.91. The van der Waals surface area contributed by atoms with Gasteiger partial charge in [-0.05, 0) is 12.1 Å². The number of nitrogens with zero attached hydrogens (tertiary/aromatic N) is 4. The number of hydrogen-bond donors (Lipinski definition) is 2. The van der Waals surface area contributed by atoms with Crippen molar-refractivity contribution in [3.05, 3.63) is 36.5 Å². The van der Waals surface area contributed by atoms with E-state index in [1.807, 2.05) is 0 Å². The van der Waals surface area contributed by atoms with Crippen molar-refractivity contribution in [3.8, 4) is 5.82 Å². The highest BCUT2D eigenvalue weighted by Crippen LogP contribution is 2.03. The number of ether oxygens (including phenoxy) is 1. The number of nitrogens with one attached hydrogen (secondary N) is 2. The van der Waals surface area contributed by atoms with Gasteiger partial charge < -0.3 is 15.4 Å². The maximum absolute atomic E-state index is 11.9. The lowest BCUT2D eigenvalue weighted by atomic mass is 10.2. The fourth-order valence-electron chi connectivity index (χ4n) is 1.65. The molecular formula is C13H20Cl2N6O2. The van der Waals surface area contributed by atoms with E-state index in [-0.39, 0.29) is 30.7 Å². The second-order valence-corrected chi connectivity index (χ2v) is 4.24. The molecule has 2 aromatic heterocycles. The van der Waals surface area contributed by atoms with Gasteiger partial charge in [0.15, 0.2) is 5.82 Å². The summed E-state index contributed by atoms with van der Waals surface area (Å²) >= 11 is 0. The van der Waals surface area contributed by atoms with Gasteiger partial charge in [-0.25, -0.2) is 14.6 Å². The number of halogens is 2. The fraction of sp³-hybridized carbons (Fsp3) is 0.385. The number of hydrogen-bond acceptors (Lipinski definition) is 6. The average molecular weight is 363 g/mol. The van der Waals surface area contributed by atoms with Crippen molar-refractivity contribution in [1.29, 1.82) is 0 Å². The zero-order valence-corrected chi connectivity index (χ0v) is 14.3. The minimum absolute atomic E-state index is 0. The monoisotopic (exact) mass is 362 g/mol. The van der Waals surface area contributed by atoms with Crippen LogP contribution in [0.1, 0.15) is 10.4 Å². The van der Waals surface area contributed by atoms with Crippen molar-refractivity contribution in [2.45, 2.75) is 0 Å². The second-order valence-electron chi connectivity index (χ2n) is 4.24. The highest BCUT2D eigenvalue weighted by molar-refractivity contribution is 5.93. The van der Waals surface area contributed by atoms with Gasteiger partial charge in [0.25, 0.3) is 5.91 Å². The van der Waals surface area contributed by atoms with Crippen LogP contribution in [0.5, 0.6) is 0 Å². The number of methoxy groups -OCH3 is 1. The number of carbonyl (C=O) groups excluding carboxylic acids is 1. The molecule has 0 aliphatic carbocycles. The van der Waals surface area contributed by atoms with Gasteiger partial charge in [-0.1, -0.05) is 0 Å². The molecule has 0 aromatic carbocycles. The molecule has 0 saturated heterocycles. The largest absolute Gasteiger partial charge is 0.383 e. The highest BCUT2D eigenvalue weighted by atomic mass is 35.5. The molecule has 10 heteroatoms. The van der Waals surface area contributed by atoms with E-state index < -0.39 is 0 Å². The third-order valence-electron chi connectivity index (χ3n) is 2.73. The summed E-state index contributed by atoms with van der Waals surface area (Å²) in [6.45, 7) is 2.66.